The number of rotatable bonds is 6. The molecule has 36 heavy (non-hydrogen) atoms. The predicted octanol–water partition coefficient (Wildman–Crippen LogP) is 5.96. The second-order valence-corrected chi connectivity index (χ2v) is 11.6. The number of halogens is 1. The molecule has 184 valence electrons. The minimum Gasteiger partial charge on any atom is -0.459 e. The van der Waals surface area contributed by atoms with Crippen molar-refractivity contribution in [3.05, 3.63) is 100 Å². The van der Waals surface area contributed by atoms with E-state index in [9.17, 15) is 8.42 Å². The maximum Gasteiger partial charge on any atom is 0.229 e. The summed E-state index contributed by atoms with van der Waals surface area (Å²) in [6.07, 6.45) is 2.89. The third-order valence-electron chi connectivity index (χ3n) is 5.93. The summed E-state index contributed by atoms with van der Waals surface area (Å²) < 4.78 is 33.4. The van der Waals surface area contributed by atoms with Gasteiger partial charge in [-0.3, -0.25) is 9.71 Å². The average Bonchev–Trinajstić information content (AvgIpc) is 3.45. The van der Waals surface area contributed by atoms with E-state index in [4.69, 9.17) is 16.6 Å². The van der Waals surface area contributed by atoms with Crippen LogP contribution in [-0.2, 0) is 10.0 Å². The summed E-state index contributed by atoms with van der Waals surface area (Å²) in [4.78, 5) is 6.57. The summed E-state index contributed by atoms with van der Waals surface area (Å²) >= 11 is 9.26. The predicted molar refractivity (Wildman–Crippen MR) is 149 cm³/mol. The van der Waals surface area contributed by atoms with Gasteiger partial charge in [0, 0.05) is 21.9 Å². The Labute approximate surface area is 223 Å². The number of aromatic nitrogens is 1. The first kappa shape index (κ1) is 24.5. The van der Waals surface area contributed by atoms with Crippen molar-refractivity contribution in [1.29, 1.82) is 0 Å². The van der Waals surface area contributed by atoms with Gasteiger partial charge >= 0.3 is 0 Å². The Morgan fingerprint density at radius 1 is 1.08 bits per heavy atom. The molecule has 2 aromatic heterocycles. The zero-order valence-electron chi connectivity index (χ0n) is 19.5. The first-order chi connectivity index (χ1) is 17.2. The highest BCUT2D eigenvalue weighted by Crippen LogP contribution is 2.43. The molecule has 0 spiro atoms. The third-order valence-corrected chi connectivity index (χ3v) is 7.36. The Balaban J connectivity index is 1.57. The number of hydrogen-bond donors (Lipinski definition) is 2. The average molecular weight is 584 g/mol. The number of sulfonamides is 1. The maximum atomic E-state index is 11.7. The number of nitrogens with zero attached hydrogens (tertiary/aromatic N) is 2. The van der Waals surface area contributed by atoms with Gasteiger partial charge in [-0.15, -0.1) is 0 Å². The fourth-order valence-corrected chi connectivity index (χ4v) is 5.55. The van der Waals surface area contributed by atoms with E-state index in [2.05, 4.69) is 31.0 Å². The first-order valence-electron chi connectivity index (χ1n) is 11.1. The van der Waals surface area contributed by atoms with Crippen molar-refractivity contribution in [2.24, 2.45) is 0 Å². The van der Waals surface area contributed by atoms with Crippen molar-refractivity contribution in [1.82, 2.24) is 10.3 Å². The SMILES string of the molecule is Cc1cc(N2C(=S)N[C@@H](c3ccccn3)[C@H]2c2ccc(-c3ccc(Br)cc3)o2)ccc1NS(C)(=O)=O. The first-order valence-corrected chi connectivity index (χ1v) is 14.2. The lowest BCUT2D eigenvalue weighted by molar-refractivity contribution is 0.439. The molecule has 0 aliphatic carbocycles. The van der Waals surface area contributed by atoms with E-state index >= 15 is 0 Å². The number of thiocarbonyl (C=S) groups is 1. The Morgan fingerprint density at radius 3 is 2.53 bits per heavy atom. The van der Waals surface area contributed by atoms with Crippen molar-refractivity contribution in [2.45, 2.75) is 19.0 Å². The monoisotopic (exact) mass is 582 g/mol. The van der Waals surface area contributed by atoms with Gasteiger partial charge in [0.15, 0.2) is 5.11 Å². The Kier molecular flexibility index (Phi) is 6.59. The van der Waals surface area contributed by atoms with Crippen LogP contribution in [0.5, 0.6) is 0 Å². The van der Waals surface area contributed by atoms with Gasteiger partial charge in [-0.25, -0.2) is 8.42 Å². The van der Waals surface area contributed by atoms with Crippen molar-refractivity contribution in [2.75, 3.05) is 15.9 Å². The Hall–Kier alpha value is -3.21. The molecule has 4 aromatic rings. The molecule has 1 fully saturated rings. The van der Waals surface area contributed by atoms with Crippen LogP contribution in [0.15, 0.2) is 87.9 Å². The lowest BCUT2D eigenvalue weighted by atomic mass is 10.0. The minimum atomic E-state index is -3.40. The zero-order chi connectivity index (χ0) is 25.4. The molecule has 1 aliphatic rings. The van der Waals surface area contributed by atoms with Crippen LogP contribution in [-0.4, -0.2) is 24.8 Å². The number of hydrogen-bond acceptors (Lipinski definition) is 5. The highest BCUT2D eigenvalue weighted by Gasteiger charge is 2.42. The second-order valence-electron chi connectivity index (χ2n) is 8.58. The van der Waals surface area contributed by atoms with Crippen LogP contribution in [0, 0.1) is 6.92 Å². The van der Waals surface area contributed by atoms with E-state index in [1.807, 2.05) is 78.6 Å². The topological polar surface area (TPSA) is 87.5 Å². The van der Waals surface area contributed by atoms with Gasteiger partial charge in [-0.2, -0.15) is 0 Å². The van der Waals surface area contributed by atoms with Gasteiger partial charge in [0.05, 0.1) is 23.7 Å². The molecule has 0 unspecified atom stereocenters. The van der Waals surface area contributed by atoms with Crippen LogP contribution in [0.25, 0.3) is 11.3 Å². The van der Waals surface area contributed by atoms with Crippen molar-refractivity contribution >= 4 is 54.7 Å². The molecule has 1 aliphatic heterocycles. The number of aryl methyl sites for hydroxylation is 1. The minimum absolute atomic E-state index is 0.253. The molecule has 3 heterocycles. The summed E-state index contributed by atoms with van der Waals surface area (Å²) in [6.45, 7) is 1.85. The maximum absolute atomic E-state index is 11.7. The second kappa shape index (κ2) is 9.68. The van der Waals surface area contributed by atoms with Crippen LogP contribution >= 0.6 is 28.1 Å². The molecule has 2 atom stereocenters. The number of furan rings is 1. The van der Waals surface area contributed by atoms with Gasteiger partial charge < -0.3 is 14.6 Å². The molecule has 0 bridgehead atoms. The molecular formula is C26H23BrN4O3S2. The molecule has 2 aromatic carbocycles. The van der Waals surface area contributed by atoms with Crippen molar-refractivity contribution in [3.8, 4) is 11.3 Å². The summed E-state index contributed by atoms with van der Waals surface area (Å²) in [6, 6.07) is 22.6. The highest BCUT2D eigenvalue weighted by molar-refractivity contribution is 9.10. The zero-order valence-corrected chi connectivity index (χ0v) is 22.7. The number of nitrogens with one attached hydrogen (secondary N) is 2. The molecule has 10 heteroatoms. The molecular weight excluding hydrogens is 560 g/mol. The van der Waals surface area contributed by atoms with Gasteiger partial charge in [0.1, 0.15) is 17.6 Å². The van der Waals surface area contributed by atoms with E-state index in [-0.39, 0.29) is 12.1 Å². The summed E-state index contributed by atoms with van der Waals surface area (Å²) in [5, 5.41) is 3.94. The van der Waals surface area contributed by atoms with E-state index in [0.717, 1.165) is 44.8 Å². The number of benzene rings is 2. The molecule has 7 nitrogen and oxygen atoms in total. The van der Waals surface area contributed by atoms with E-state index in [1.54, 1.807) is 12.3 Å². The molecule has 0 radical (unpaired) electrons. The Bertz CT molecular complexity index is 1520. The van der Waals surface area contributed by atoms with Crippen LogP contribution in [0.3, 0.4) is 0 Å². The molecule has 0 amide bonds. The van der Waals surface area contributed by atoms with Crippen LogP contribution in [0.4, 0.5) is 11.4 Å². The van der Waals surface area contributed by atoms with E-state index in [1.165, 1.54) is 0 Å². The fourth-order valence-electron chi connectivity index (χ4n) is 4.31. The highest BCUT2D eigenvalue weighted by atomic mass is 79.9. The van der Waals surface area contributed by atoms with Gasteiger partial charge in [0.25, 0.3) is 0 Å². The number of anilines is 2. The van der Waals surface area contributed by atoms with Crippen LogP contribution in [0.1, 0.15) is 29.1 Å². The van der Waals surface area contributed by atoms with Crippen molar-refractivity contribution < 1.29 is 12.8 Å². The van der Waals surface area contributed by atoms with Gasteiger partial charge in [-0.05, 0) is 79.3 Å². The number of pyridine rings is 1. The van der Waals surface area contributed by atoms with Gasteiger partial charge in [-0.1, -0.05) is 34.1 Å². The smallest absolute Gasteiger partial charge is 0.229 e. The summed E-state index contributed by atoms with van der Waals surface area (Å²) in [7, 11) is -3.40. The lowest BCUT2D eigenvalue weighted by Gasteiger charge is -2.26. The molecule has 5 rings (SSSR count). The fraction of sp³-hybridized carbons (Fsp3) is 0.154. The molecule has 1 saturated heterocycles. The van der Waals surface area contributed by atoms with E-state index in [0.29, 0.717) is 10.8 Å². The standard InChI is InChI=1S/C26H23BrN4O3S2/c1-16-15-19(10-11-20(16)30-36(2,32)33)31-25(24(29-26(31)35)21-5-3-4-14-28-21)23-13-12-22(34-23)17-6-8-18(27)9-7-17/h3-15,24-25,30H,1-2H3,(H,29,35)/t24-,25+/m0/s1. The molecule has 0 saturated carbocycles. The van der Waals surface area contributed by atoms with Crippen LogP contribution < -0.4 is 14.9 Å². The van der Waals surface area contributed by atoms with Gasteiger partial charge in [0.2, 0.25) is 10.0 Å². The van der Waals surface area contributed by atoms with Crippen LogP contribution in [0.2, 0.25) is 0 Å². The quantitative estimate of drug-likeness (QED) is 0.271. The lowest BCUT2D eigenvalue weighted by Crippen LogP contribution is -2.29. The third kappa shape index (κ3) is 5.02. The normalized spacial score (nSPS) is 17.8. The molecule has 2 N–H and O–H groups in total. The summed E-state index contributed by atoms with van der Waals surface area (Å²) in [5.74, 6) is 1.48. The Morgan fingerprint density at radius 2 is 1.86 bits per heavy atom. The largest absolute Gasteiger partial charge is 0.459 e. The van der Waals surface area contributed by atoms with Crippen molar-refractivity contribution in [3.63, 3.8) is 0 Å². The van der Waals surface area contributed by atoms with E-state index < -0.39 is 10.0 Å². The summed E-state index contributed by atoms with van der Waals surface area (Å²) in [5.41, 5.74) is 3.91.